The van der Waals surface area contributed by atoms with Crippen molar-refractivity contribution in [3.8, 4) is 0 Å². The largest absolute Gasteiger partial charge is 1.00 e. The van der Waals surface area contributed by atoms with Crippen LogP contribution in [0.15, 0.2) is 0 Å². The molecule has 0 aliphatic rings. The van der Waals surface area contributed by atoms with E-state index in [4.69, 9.17) is 0 Å². The normalized spacial score (nSPS) is 10.2. The predicted molar refractivity (Wildman–Crippen MR) is 41.0 cm³/mol. The molecular weight excluding hydrogens is 119 g/mol. The maximum atomic E-state index is 4.34. The van der Waals surface area contributed by atoms with E-state index in [2.05, 4.69) is 33.3 Å². The molecule has 0 amide bonds. The molecular formula is C7H18LiN2+. The molecule has 0 saturated heterocycles. The second-order valence-corrected chi connectivity index (χ2v) is 2.96. The number of hydrogen-bond donors (Lipinski definition) is 1. The van der Waals surface area contributed by atoms with Gasteiger partial charge in [0.15, 0.2) is 0 Å². The van der Waals surface area contributed by atoms with Crippen LogP contribution in [-0.4, -0.2) is 33.2 Å². The topological polar surface area (TPSA) is 18.5 Å². The average Bonchev–Trinajstić information content (AvgIpc) is 1.63. The van der Waals surface area contributed by atoms with Gasteiger partial charge in [-0.1, -0.05) is 20.4 Å². The molecule has 0 aromatic rings. The molecule has 0 saturated carbocycles. The van der Waals surface area contributed by atoms with Gasteiger partial charge < -0.3 is 10.2 Å². The summed E-state index contributed by atoms with van der Waals surface area (Å²) >= 11 is 0. The third kappa shape index (κ3) is 11.3. The zero-order valence-corrected chi connectivity index (χ0v) is 7.94. The van der Waals surface area contributed by atoms with Gasteiger partial charge in [-0.25, -0.2) is 0 Å². The molecule has 0 heterocycles. The van der Waals surface area contributed by atoms with Gasteiger partial charge in [0.2, 0.25) is 0 Å². The number of rotatable bonds is 4. The van der Waals surface area contributed by atoms with E-state index in [9.17, 15) is 0 Å². The van der Waals surface area contributed by atoms with Crippen molar-refractivity contribution in [3.63, 3.8) is 0 Å². The fourth-order valence-electron chi connectivity index (χ4n) is 0.546. The Balaban J connectivity index is 0. The second kappa shape index (κ2) is 7.62. The molecule has 3 heteroatoms. The van der Waals surface area contributed by atoms with E-state index in [1.807, 2.05) is 0 Å². The van der Waals surface area contributed by atoms with E-state index >= 15 is 0 Å². The summed E-state index contributed by atoms with van der Waals surface area (Å²) in [4.78, 5) is 1.47. The standard InChI is InChI=1S/C7H17N2.Li/c1-7(2)8-5-6-9(3)4;/h7H,5-6H2,1-4H3;/q-1;+1/p+1. The number of nitrogens with one attached hydrogen (secondary N) is 1. The number of likely N-dealkylation sites (N-methyl/N-ethyl adjacent to an activating group) is 1. The first-order valence-corrected chi connectivity index (χ1v) is 3.58. The smallest absolute Gasteiger partial charge is 0.655 e. The monoisotopic (exact) mass is 137 g/mol. The minimum absolute atomic E-state index is 0. The molecule has 56 valence electrons. The Hall–Kier alpha value is 0.517. The van der Waals surface area contributed by atoms with Crippen molar-refractivity contribution >= 4 is 0 Å². The fourth-order valence-corrected chi connectivity index (χ4v) is 0.546. The Labute approximate surface area is 76.5 Å². The maximum Gasteiger partial charge on any atom is 1.00 e. The van der Waals surface area contributed by atoms with Gasteiger partial charge in [-0.3, -0.25) is 0 Å². The van der Waals surface area contributed by atoms with Crippen LogP contribution in [0, 0.1) is 0 Å². The molecule has 0 aromatic heterocycles. The molecule has 0 spiro atoms. The molecule has 0 atom stereocenters. The van der Waals surface area contributed by atoms with Crippen molar-refractivity contribution in [2.24, 2.45) is 0 Å². The first-order valence-electron chi connectivity index (χ1n) is 3.58. The summed E-state index contributed by atoms with van der Waals surface area (Å²) in [6.07, 6.45) is 0. The molecule has 1 N–H and O–H groups in total. The van der Waals surface area contributed by atoms with Crippen LogP contribution in [0.2, 0.25) is 0 Å². The van der Waals surface area contributed by atoms with Gasteiger partial charge >= 0.3 is 18.9 Å². The molecule has 0 fully saturated rings. The van der Waals surface area contributed by atoms with Crippen molar-refractivity contribution in [1.29, 1.82) is 0 Å². The van der Waals surface area contributed by atoms with Crippen LogP contribution in [0.1, 0.15) is 13.8 Å². The zero-order valence-electron chi connectivity index (χ0n) is 7.94. The summed E-state index contributed by atoms with van der Waals surface area (Å²) in [6, 6.07) is 0.504. The van der Waals surface area contributed by atoms with Crippen LogP contribution in [0.5, 0.6) is 0 Å². The van der Waals surface area contributed by atoms with Crippen LogP contribution >= 0.6 is 0 Å². The molecule has 2 nitrogen and oxygen atoms in total. The van der Waals surface area contributed by atoms with E-state index in [-0.39, 0.29) is 18.9 Å². The first kappa shape index (κ1) is 13.1. The Morgan fingerprint density at radius 1 is 1.30 bits per heavy atom. The third-order valence-electron chi connectivity index (χ3n) is 1.11. The summed E-state index contributed by atoms with van der Waals surface area (Å²) in [6.45, 7) is 6.38. The van der Waals surface area contributed by atoms with Crippen molar-refractivity contribution in [1.82, 2.24) is 0 Å². The Kier molecular flexibility index (Phi) is 10.0. The Morgan fingerprint density at radius 2 is 1.80 bits per heavy atom. The van der Waals surface area contributed by atoms with Crippen LogP contribution in [0.25, 0.3) is 5.32 Å². The summed E-state index contributed by atoms with van der Waals surface area (Å²) in [5, 5.41) is 4.34. The fraction of sp³-hybridized carbons (Fsp3) is 1.00. The Bertz CT molecular complexity index is 56.6. The van der Waals surface area contributed by atoms with Crippen LogP contribution in [0.3, 0.4) is 0 Å². The average molecular weight is 137 g/mol. The zero-order chi connectivity index (χ0) is 7.28. The molecule has 0 bridgehead atoms. The quantitative estimate of drug-likeness (QED) is 0.396. The van der Waals surface area contributed by atoms with Gasteiger partial charge in [-0.15, -0.1) is 6.04 Å². The van der Waals surface area contributed by atoms with E-state index in [1.54, 1.807) is 0 Å². The van der Waals surface area contributed by atoms with Gasteiger partial charge in [0.05, 0.1) is 20.6 Å². The Morgan fingerprint density at radius 3 is 2.10 bits per heavy atom. The summed E-state index contributed by atoms with van der Waals surface area (Å²) in [5.41, 5.74) is 0. The minimum atomic E-state index is 0. The molecule has 0 unspecified atom stereocenters. The third-order valence-corrected chi connectivity index (χ3v) is 1.11. The van der Waals surface area contributed by atoms with E-state index in [0.29, 0.717) is 6.04 Å². The van der Waals surface area contributed by atoms with Gasteiger partial charge in [0, 0.05) is 0 Å². The number of hydrogen-bond acceptors (Lipinski definition) is 0. The van der Waals surface area contributed by atoms with Crippen LogP contribution in [-0.2, 0) is 0 Å². The summed E-state index contributed by atoms with van der Waals surface area (Å²) < 4.78 is 0. The molecule has 10 heavy (non-hydrogen) atoms. The van der Waals surface area contributed by atoms with E-state index in [1.165, 1.54) is 4.90 Å². The molecule has 0 aliphatic carbocycles. The van der Waals surface area contributed by atoms with Gasteiger partial charge in [0.25, 0.3) is 0 Å². The number of quaternary nitrogens is 1. The SMILES string of the molecule is CC(C)[N-]CC[NH+](C)C.[Li+]. The number of nitrogens with zero attached hydrogens (tertiary/aromatic N) is 1. The van der Waals surface area contributed by atoms with E-state index < -0.39 is 0 Å². The van der Waals surface area contributed by atoms with Crippen molar-refractivity contribution in [3.05, 3.63) is 5.32 Å². The molecule has 0 rings (SSSR count). The van der Waals surface area contributed by atoms with Gasteiger partial charge in [-0.2, -0.15) is 0 Å². The maximum absolute atomic E-state index is 4.34. The first-order chi connectivity index (χ1) is 4.13. The predicted octanol–water partition coefficient (Wildman–Crippen LogP) is -3.08. The van der Waals surface area contributed by atoms with Crippen molar-refractivity contribution in [2.45, 2.75) is 19.9 Å². The minimum Gasteiger partial charge on any atom is -0.655 e. The van der Waals surface area contributed by atoms with Crippen LogP contribution in [0.4, 0.5) is 0 Å². The molecule has 0 aliphatic heterocycles. The molecule has 0 aromatic carbocycles. The van der Waals surface area contributed by atoms with Crippen LogP contribution < -0.4 is 23.8 Å². The summed E-state index contributed by atoms with van der Waals surface area (Å²) in [7, 11) is 4.30. The van der Waals surface area contributed by atoms with Gasteiger partial charge in [-0.05, 0) is 0 Å². The second-order valence-electron chi connectivity index (χ2n) is 2.96. The summed E-state index contributed by atoms with van der Waals surface area (Å²) in [5.74, 6) is 0. The van der Waals surface area contributed by atoms with Crippen molar-refractivity contribution in [2.75, 3.05) is 27.2 Å². The van der Waals surface area contributed by atoms with Gasteiger partial charge in [0.1, 0.15) is 0 Å². The van der Waals surface area contributed by atoms with E-state index in [0.717, 1.165) is 13.1 Å². The van der Waals surface area contributed by atoms with Crippen molar-refractivity contribution < 1.29 is 23.8 Å². The molecule has 0 radical (unpaired) electrons.